The summed E-state index contributed by atoms with van der Waals surface area (Å²) in [4.78, 5) is 23.8. The fourth-order valence-corrected chi connectivity index (χ4v) is 4.74. The van der Waals surface area contributed by atoms with Gasteiger partial charge in [-0.05, 0) is 35.4 Å². The van der Waals surface area contributed by atoms with Gasteiger partial charge < -0.3 is 69.0 Å². The lowest BCUT2D eigenvalue weighted by Crippen LogP contribution is -2.51. The van der Waals surface area contributed by atoms with Crippen LogP contribution in [0.5, 0.6) is 23.0 Å². The van der Waals surface area contributed by atoms with Gasteiger partial charge in [0, 0.05) is 38.2 Å². The molecule has 2 aromatic rings. The molecule has 0 saturated carbocycles. The lowest BCUT2D eigenvalue weighted by atomic mass is 10.1. The van der Waals surface area contributed by atoms with Crippen LogP contribution in [0.1, 0.15) is 11.1 Å². The summed E-state index contributed by atoms with van der Waals surface area (Å²) in [6.45, 7) is 1.50. The first kappa shape index (κ1) is 46.2. The molecule has 20 nitrogen and oxygen atoms in total. The van der Waals surface area contributed by atoms with Gasteiger partial charge in [0.05, 0.1) is 79.8 Å². The Hall–Kier alpha value is -6.22. The number of methoxy groups -OCH3 is 4. The zero-order chi connectivity index (χ0) is 42.1. The number of rotatable bonds is 8. The standard InChI is InChI=1S/C18H20N4O10.2C10H15NO2/c23-15-11-9-12(20-19-11)17(25)31-7-3-28-4-8-32-18(26)14-10-13(21-22-14)16(24)30-6-2-27-1-5-29-15;2*1-12-9-4-3-8(5-6-11)7-10(9)13-2/h9-10,23-24H,1-8H2;2*3-4,7H,5-6,11H2,1-2H3/b15-11-,16-13-;;. The molecule has 0 aromatic heterocycles. The van der Waals surface area contributed by atoms with Crippen LogP contribution in [-0.2, 0) is 50.9 Å². The van der Waals surface area contributed by atoms with Crippen molar-refractivity contribution in [2.45, 2.75) is 12.8 Å². The predicted molar refractivity (Wildman–Crippen MR) is 197 cm³/mol. The van der Waals surface area contributed by atoms with Crippen molar-refractivity contribution in [3.05, 3.63) is 94.4 Å². The number of allylic oxidation sites excluding steroid dienone is 2. The number of benzene rings is 2. The SMILES string of the molecule is COc1ccc(CC[NH3+])cc1OC.COc1ccc(CC[NH3+])cc1OC.O=C1OCCOCCOC(=O)C2=C/C(=C(\[O-])OCCOCCO/C([O-])=C3/C=C1N=N3)N=N2. The Balaban J connectivity index is 0.000000283. The largest absolute Gasteiger partial charge is 0.609 e. The highest BCUT2D eigenvalue weighted by atomic mass is 16.6. The molecule has 0 amide bonds. The Morgan fingerprint density at radius 2 is 0.897 bits per heavy atom. The molecule has 5 rings (SSSR count). The highest BCUT2D eigenvalue weighted by molar-refractivity contribution is 5.89. The second kappa shape index (κ2) is 25.8. The van der Waals surface area contributed by atoms with E-state index in [9.17, 15) is 19.8 Å². The maximum atomic E-state index is 11.9. The third-order valence-corrected chi connectivity index (χ3v) is 7.58. The number of nitrogens with zero attached hydrogens (tertiary/aromatic N) is 4. The molecular weight excluding hydrogens is 764 g/mol. The number of quaternary nitrogens is 2. The van der Waals surface area contributed by atoms with Crippen LogP contribution in [0.2, 0.25) is 0 Å². The van der Waals surface area contributed by atoms with Crippen molar-refractivity contribution in [2.24, 2.45) is 20.5 Å². The van der Waals surface area contributed by atoms with Crippen LogP contribution in [0.15, 0.2) is 104 Å². The summed E-state index contributed by atoms with van der Waals surface area (Å²) in [6, 6.07) is 11.9. The monoisotopic (exact) mass is 814 g/mol. The van der Waals surface area contributed by atoms with E-state index in [0.717, 1.165) is 61.1 Å². The van der Waals surface area contributed by atoms with Crippen LogP contribution in [0.3, 0.4) is 0 Å². The summed E-state index contributed by atoms with van der Waals surface area (Å²) < 4.78 is 50.8. The van der Waals surface area contributed by atoms with Crippen LogP contribution < -0.4 is 40.6 Å². The van der Waals surface area contributed by atoms with Gasteiger partial charge in [0.1, 0.15) is 24.6 Å². The van der Waals surface area contributed by atoms with Crippen LogP contribution in [-0.4, -0.2) is 106 Å². The van der Waals surface area contributed by atoms with Crippen molar-refractivity contribution < 1.29 is 78.6 Å². The van der Waals surface area contributed by atoms with Gasteiger partial charge in [-0.1, -0.05) is 12.1 Å². The number of ether oxygens (including phenoxy) is 10. The molecule has 3 aliphatic heterocycles. The first-order valence-electron chi connectivity index (χ1n) is 18.0. The predicted octanol–water partition coefficient (Wildman–Crippen LogP) is -0.113. The molecule has 6 N–H and O–H groups in total. The number of hydrogen-bond donors (Lipinski definition) is 2. The topological polar surface area (TPSA) is 277 Å². The summed E-state index contributed by atoms with van der Waals surface area (Å²) in [5.74, 6) is -0.0319. The van der Waals surface area contributed by atoms with Gasteiger partial charge in [-0.2, -0.15) is 0 Å². The zero-order valence-electron chi connectivity index (χ0n) is 33.0. The van der Waals surface area contributed by atoms with E-state index in [1.54, 1.807) is 28.4 Å². The van der Waals surface area contributed by atoms with Crippen molar-refractivity contribution in [1.29, 1.82) is 0 Å². The second-order valence-corrected chi connectivity index (χ2v) is 11.6. The molecule has 0 aliphatic carbocycles. The molecule has 3 aliphatic rings. The van der Waals surface area contributed by atoms with E-state index in [-0.39, 0.29) is 75.6 Å². The summed E-state index contributed by atoms with van der Waals surface area (Å²) >= 11 is 0. The number of fused-ring (bicyclic) bond motifs is 2. The lowest BCUT2D eigenvalue weighted by molar-refractivity contribution is -0.367. The molecule has 0 spiro atoms. The Bertz CT molecular complexity index is 1710. The summed E-state index contributed by atoms with van der Waals surface area (Å²) in [5, 5.41) is 38.1. The van der Waals surface area contributed by atoms with E-state index >= 15 is 0 Å². The lowest BCUT2D eigenvalue weighted by Gasteiger charge is -2.18. The number of cyclic esters (lactones) is 2. The third kappa shape index (κ3) is 15.4. The summed E-state index contributed by atoms with van der Waals surface area (Å²) in [6.07, 6.45) is 4.22. The summed E-state index contributed by atoms with van der Waals surface area (Å²) in [7, 11) is 6.56. The molecule has 3 heterocycles. The number of hydrogen-bond acceptors (Lipinski definition) is 18. The molecule has 58 heavy (non-hydrogen) atoms. The number of azo groups is 2. The Labute approximate surface area is 335 Å². The van der Waals surface area contributed by atoms with Crippen molar-refractivity contribution in [3.63, 3.8) is 0 Å². The molecule has 20 heteroatoms. The first-order valence-corrected chi connectivity index (χ1v) is 18.0. The van der Waals surface area contributed by atoms with Gasteiger partial charge in [-0.25, -0.2) is 9.59 Å². The van der Waals surface area contributed by atoms with E-state index in [1.165, 1.54) is 11.1 Å². The van der Waals surface area contributed by atoms with Crippen molar-refractivity contribution >= 4 is 11.9 Å². The van der Waals surface area contributed by atoms with E-state index in [2.05, 4.69) is 31.9 Å². The van der Waals surface area contributed by atoms with Crippen molar-refractivity contribution in [3.8, 4) is 23.0 Å². The van der Waals surface area contributed by atoms with E-state index in [1.807, 2.05) is 36.4 Å². The van der Waals surface area contributed by atoms with Crippen molar-refractivity contribution in [2.75, 3.05) is 94.4 Å². The normalized spacial score (nSPS) is 18.9. The van der Waals surface area contributed by atoms with Crippen LogP contribution >= 0.6 is 0 Å². The highest BCUT2D eigenvalue weighted by Gasteiger charge is 2.18. The minimum atomic E-state index is -0.787. The van der Waals surface area contributed by atoms with Gasteiger partial charge in [-0.3, -0.25) is 0 Å². The fourth-order valence-electron chi connectivity index (χ4n) is 4.74. The van der Waals surface area contributed by atoms with E-state index in [0.29, 0.717) is 0 Å². The van der Waals surface area contributed by atoms with Gasteiger partial charge in [0.15, 0.2) is 34.4 Å². The molecular formula is C38H50N6O14. The molecule has 0 saturated heterocycles. The van der Waals surface area contributed by atoms with Crippen LogP contribution in [0, 0.1) is 0 Å². The Morgan fingerprint density at radius 1 is 0.534 bits per heavy atom. The van der Waals surface area contributed by atoms with Crippen LogP contribution in [0.4, 0.5) is 0 Å². The summed E-state index contributed by atoms with van der Waals surface area (Å²) in [5.41, 5.74) is 9.44. The molecule has 4 bridgehead atoms. The Morgan fingerprint density at radius 3 is 1.24 bits per heavy atom. The first-order chi connectivity index (χ1) is 28.2. The number of carbonyl (C=O) groups is 2. The zero-order valence-corrected chi connectivity index (χ0v) is 33.0. The average molecular weight is 815 g/mol. The van der Waals surface area contributed by atoms with Crippen LogP contribution in [0.25, 0.3) is 0 Å². The van der Waals surface area contributed by atoms with Crippen molar-refractivity contribution in [1.82, 2.24) is 0 Å². The van der Waals surface area contributed by atoms with Gasteiger partial charge >= 0.3 is 11.9 Å². The molecule has 0 radical (unpaired) electrons. The van der Waals surface area contributed by atoms with E-state index < -0.39 is 23.8 Å². The second-order valence-electron chi connectivity index (χ2n) is 11.6. The van der Waals surface area contributed by atoms with E-state index in [4.69, 9.17) is 47.4 Å². The third-order valence-electron chi connectivity index (χ3n) is 7.58. The maximum absolute atomic E-state index is 11.9. The minimum Gasteiger partial charge on any atom is -0.609 e. The van der Waals surface area contributed by atoms with Gasteiger partial charge in [-0.15, -0.1) is 20.5 Å². The van der Waals surface area contributed by atoms with Gasteiger partial charge in [0.25, 0.3) is 0 Å². The molecule has 0 unspecified atom stereocenters. The molecule has 0 atom stereocenters. The molecule has 2 aromatic carbocycles. The fraction of sp³-hybridized carbons (Fsp3) is 0.421. The van der Waals surface area contributed by atoms with Gasteiger partial charge in [0.2, 0.25) is 0 Å². The molecule has 316 valence electrons. The maximum Gasteiger partial charge on any atom is 0.359 e. The molecule has 0 fully saturated rings. The quantitative estimate of drug-likeness (QED) is 0.329. The Kier molecular flexibility index (Phi) is 20.6. The number of carbonyl (C=O) groups excluding carboxylic acids is 2. The average Bonchev–Trinajstić information content (AvgIpc) is 3.95. The minimum absolute atomic E-state index is 0.0263. The number of esters is 2. The highest BCUT2D eigenvalue weighted by Crippen LogP contribution is 2.28. The smallest absolute Gasteiger partial charge is 0.359 e.